The first-order chi connectivity index (χ1) is 9.02. The van der Waals surface area contributed by atoms with Crippen molar-refractivity contribution in [1.82, 2.24) is 5.32 Å². The summed E-state index contributed by atoms with van der Waals surface area (Å²) in [4.78, 5) is 0. The Morgan fingerprint density at radius 2 is 2.00 bits per heavy atom. The van der Waals surface area contributed by atoms with Crippen molar-refractivity contribution in [2.24, 2.45) is 0 Å². The molecule has 5 heteroatoms. The number of benzene rings is 1. The first kappa shape index (κ1) is 15.4. The molecule has 0 fully saturated rings. The molecule has 3 nitrogen and oxygen atoms in total. The molecule has 0 spiro atoms. The van der Waals surface area contributed by atoms with Crippen molar-refractivity contribution in [1.29, 1.82) is 0 Å². The molecule has 0 unspecified atom stereocenters. The summed E-state index contributed by atoms with van der Waals surface area (Å²) in [6.45, 7) is 2.01. The summed E-state index contributed by atoms with van der Waals surface area (Å²) in [6, 6.07) is 5.25. The van der Waals surface area contributed by atoms with E-state index in [2.05, 4.69) is 23.9 Å². The largest absolute Gasteiger partial charge is 0.493 e. The molecule has 1 N–H and O–H groups in total. The first-order valence-corrected chi connectivity index (χ1v) is 6.05. The lowest BCUT2D eigenvalue weighted by Gasteiger charge is -2.10. The molecule has 0 atom stereocenters. The van der Waals surface area contributed by atoms with Crippen LogP contribution in [-0.2, 0) is 0 Å². The van der Waals surface area contributed by atoms with Crippen LogP contribution in [0.2, 0.25) is 0 Å². The number of nitrogens with one attached hydrogen (secondary N) is 1. The van der Waals surface area contributed by atoms with Crippen molar-refractivity contribution in [3.63, 3.8) is 0 Å². The topological polar surface area (TPSA) is 30.5 Å². The van der Waals surface area contributed by atoms with Crippen LogP contribution in [0.4, 0.5) is 8.78 Å². The summed E-state index contributed by atoms with van der Waals surface area (Å²) in [5, 5.41) is 3.24. The number of methoxy groups -OCH3 is 1. The third-order valence-corrected chi connectivity index (χ3v) is 2.36. The van der Waals surface area contributed by atoms with Crippen LogP contribution >= 0.6 is 0 Å². The van der Waals surface area contributed by atoms with Crippen LogP contribution in [0.3, 0.4) is 0 Å². The van der Waals surface area contributed by atoms with Crippen molar-refractivity contribution >= 4 is 6.08 Å². The molecule has 0 amide bonds. The van der Waals surface area contributed by atoms with Gasteiger partial charge >= 0.3 is 6.61 Å². The maximum Gasteiger partial charge on any atom is 0.387 e. The number of ether oxygens (including phenoxy) is 2. The van der Waals surface area contributed by atoms with Crippen molar-refractivity contribution in [3.8, 4) is 11.5 Å². The Balaban J connectivity index is 2.71. The van der Waals surface area contributed by atoms with Gasteiger partial charge in [0.05, 0.1) is 7.11 Å². The number of halogens is 2. The highest BCUT2D eigenvalue weighted by atomic mass is 19.3. The number of alkyl halides is 2. The number of hydrogen-bond acceptors (Lipinski definition) is 3. The average Bonchev–Trinajstić information content (AvgIpc) is 2.35. The molecule has 1 rings (SSSR count). The molecule has 1 aromatic carbocycles. The molecule has 0 aliphatic carbocycles. The molecule has 106 valence electrons. The molecule has 0 radical (unpaired) electrons. The smallest absolute Gasteiger partial charge is 0.387 e. The van der Waals surface area contributed by atoms with Crippen molar-refractivity contribution < 1.29 is 18.3 Å². The van der Waals surface area contributed by atoms with E-state index in [4.69, 9.17) is 4.74 Å². The molecule has 1 aromatic rings. The van der Waals surface area contributed by atoms with E-state index in [0.717, 1.165) is 12.1 Å². The van der Waals surface area contributed by atoms with Crippen LogP contribution in [0.25, 0.3) is 6.08 Å². The maximum absolute atomic E-state index is 12.2. The van der Waals surface area contributed by atoms with E-state index >= 15 is 0 Å². The molecule has 0 aliphatic rings. The average molecular weight is 271 g/mol. The second-order valence-electron chi connectivity index (χ2n) is 4.25. The van der Waals surface area contributed by atoms with E-state index in [1.165, 1.54) is 13.2 Å². The van der Waals surface area contributed by atoms with Gasteiger partial charge in [0, 0.05) is 12.6 Å². The van der Waals surface area contributed by atoms with E-state index in [1.54, 1.807) is 12.1 Å². The van der Waals surface area contributed by atoms with Gasteiger partial charge in [-0.25, -0.2) is 0 Å². The van der Waals surface area contributed by atoms with Gasteiger partial charge in [0.15, 0.2) is 11.5 Å². The second kappa shape index (κ2) is 7.74. The van der Waals surface area contributed by atoms with Gasteiger partial charge in [0.25, 0.3) is 0 Å². The Morgan fingerprint density at radius 3 is 2.58 bits per heavy atom. The Kier molecular flexibility index (Phi) is 6.29. The van der Waals surface area contributed by atoms with E-state index in [-0.39, 0.29) is 5.75 Å². The fourth-order valence-corrected chi connectivity index (χ4v) is 1.48. The van der Waals surface area contributed by atoms with Crippen LogP contribution in [0, 0.1) is 0 Å². The third kappa shape index (κ3) is 5.70. The lowest BCUT2D eigenvalue weighted by molar-refractivity contribution is -0.0512. The molecule has 0 saturated heterocycles. The van der Waals surface area contributed by atoms with Gasteiger partial charge in [-0.05, 0) is 17.7 Å². The third-order valence-electron chi connectivity index (χ3n) is 2.36. The Hall–Kier alpha value is -1.62. The molecule has 0 aliphatic heterocycles. The molecule has 19 heavy (non-hydrogen) atoms. The number of hydrogen-bond donors (Lipinski definition) is 1. The van der Waals surface area contributed by atoms with Gasteiger partial charge in [-0.1, -0.05) is 32.1 Å². The highest BCUT2D eigenvalue weighted by molar-refractivity contribution is 5.56. The monoisotopic (exact) mass is 271 g/mol. The van der Waals surface area contributed by atoms with Crippen molar-refractivity contribution in [2.75, 3.05) is 13.7 Å². The fourth-order valence-electron chi connectivity index (χ4n) is 1.48. The van der Waals surface area contributed by atoms with Gasteiger partial charge in [-0.15, -0.1) is 0 Å². The van der Waals surface area contributed by atoms with Gasteiger partial charge in [-0.2, -0.15) is 8.78 Å². The molecular formula is C14H19F2NO2. The van der Waals surface area contributed by atoms with Gasteiger partial charge in [-0.3, -0.25) is 0 Å². The van der Waals surface area contributed by atoms with E-state index in [9.17, 15) is 8.78 Å². The van der Waals surface area contributed by atoms with E-state index in [1.807, 2.05) is 12.2 Å². The highest BCUT2D eigenvalue weighted by Crippen LogP contribution is 2.29. The minimum Gasteiger partial charge on any atom is -0.493 e. The quantitative estimate of drug-likeness (QED) is 0.825. The predicted molar refractivity (Wildman–Crippen MR) is 71.8 cm³/mol. The zero-order valence-electron chi connectivity index (χ0n) is 11.3. The van der Waals surface area contributed by atoms with Crippen LogP contribution < -0.4 is 14.8 Å². The van der Waals surface area contributed by atoms with Crippen molar-refractivity contribution in [2.45, 2.75) is 26.5 Å². The van der Waals surface area contributed by atoms with Crippen LogP contribution in [0.5, 0.6) is 11.5 Å². The molecule has 0 aromatic heterocycles. The molecule has 0 saturated carbocycles. The Bertz CT molecular complexity index is 420. The van der Waals surface area contributed by atoms with Crippen LogP contribution in [0.1, 0.15) is 19.4 Å². The molecular weight excluding hydrogens is 252 g/mol. The highest BCUT2D eigenvalue weighted by Gasteiger charge is 2.10. The lowest BCUT2D eigenvalue weighted by Crippen LogP contribution is -2.22. The lowest BCUT2D eigenvalue weighted by atomic mass is 10.2. The van der Waals surface area contributed by atoms with Gasteiger partial charge in [0.2, 0.25) is 0 Å². The summed E-state index contributed by atoms with van der Waals surface area (Å²) in [5.41, 5.74) is 0.865. The zero-order valence-corrected chi connectivity index (χ0v) is 11.3. The summed E-state index contributed by atoms with van der Waals surface area (Å²) in [6.07, 6.45) is 3.85. The van der Waals surface area contributed by atoms with Gasteiger partial charge < -0.3 is 14.8 Å². The summed E-state index contributed by atoms with van der Waals surface area (Å²) >= 11 is 0. The standard InChI is InChI=1S/C14H19F2NO2/c1-10(2)17-8-4-5-11-6-7-12(19-14(15)16)13(9-11)18-3/h4-7,9-10,14,17H,8H2,1-3H3. The second-order valence-corrected chi connectivity index (χ2v) is 4.25. The van der Waals surface area contributed by atoms with E-state index in [0.29, 0.717) is 11.8 Å². The van der Waals surface area contributed by atoms with Crippen molar-refractivity contribution in [3.05, 3.63) is 29.8 Å². The normalized spacial score (nSPS) is 11.5. The summed E-state index contributed by atoms with van der Waals surface area (Å²) in [5.74, 6) is 0.328. The maximum atomic E-state index is 12.2. The van der Waals surface area contributed by atoms with Crippen LogP contribution in [0.15, 0.2) is 24.3 Å². The predicted octanol–water partition coefficient (Wildman–Crippen LogP) is 3.31. The zero-order chi connectivity index (χ0) is 14.3. The summed E-state index contributed by atoms with van der Waals surface area (Å²) in [7, 11) is 1.42. The minimum absolute atomic E-state index is 0.0370. The summed E-state index contributed by atoms with van der Waals surface area (Å²) < 4.78 is 33.7. The number of rotatable bonds is 7. The first-order valence-electron chi connectivity index (χ1n) is 6.05. The van der Waals surface area contributed by atoms with Gasteiger partial charge in [0.1, 0.15) is 0 Å². The van der Waals surface area contributed by atoms with Crippen LogP contribution in [-0.4, -0.2) is 26.3 Å². The Morgan fingerprint density at radius 1 is 1.26 bits per heavy atom. The molecule has 0 heterocycles. The SMILES string of the molecule is COc1cc(C=CCNC(C)C)ccc1OC(F)F. The fraction of sp³-hybridized carbons (Fsp3) is 0.429. The minimum atomic E-state index is -2.86. The van der Waals surface area contributed by atoms with E-state index < -0.39 is 6.61 Å². The Labute approximate surface area is 112 Å². The molecule has 0 bridgehead atoms.